The zero-order valence-electron chi connectivity index (χ0n) is 8.36. The minimum absolute atomic E-state index is 0.166. The van der Waals surface area contributed by atoms with E-state index in [1.54, 1.807) is 0 Å². The van der Waals surface area contributed by atoms with Crippen LogP contribution in [0.3, 0.4) is 0 Å². The lowest BCUT2D eigenvalue weighted by atomic mass is 10.2. The molecule has 0 fully saturated rings. The first-order valence-corrected chi connectivity index (χ1v) is 4.87. The van der Waals surface area contributed by atoms with E-state index < -0.39 is 26.9 Å². The van der Waals surface area contributed by atoms with Gasteiger partial charge in [-0.1, -0.05) is 15.9 Å². The molecule has 0 atom stereocenters. The summed E-state index contributed by atoms with van der Waals surface area (Å²) in [5.74, 6) is 0. The molecule has 0 amide bonds. The van der Waals surface area contributed by atoms with Gasteiger partial charge in [-0.15, -0.1) is 4.91 Å². The van der Waals surface area contributed by atoms with Crippen LogP contribution in [0.2, 0.25) is 0 Å². The second kappa shape index (κ2) is 4.82. The van der Waals surface area contributed by atoms with Crippen LogP contribution in [0.25, 0.3) is 0 Å². The average molecular weight is 305 g/mol. The van der Waals surface area contributed by atoms with Gasteiger partial charge in [-0.3, -0.25) is 20.2 Å². The largest absolute Gasteiger partial charge is 0.302 e. The average Bonchev–Trinajstić information content (AvgIpc) is 2.26. The van der Waals surface area contributed by atoms with E-state index in [0.29, 0.717) is 5.01 Å². The Morgan fingerprint density at radius 3 is 1.94 bits per heavy atom. The molecular weight excluding hydrogens is 300 g/mol. The molecule has 1 rings (SSSR count). The molecule has 90 valence electrons. The first kappa shape index (κ1) is 13.0. The summed E-state index contributed by atoms with van der Waals surface area (Å²) in [4.78, 5) is 30.2. The number of rotatable bonds is 4. The fourth-order valence-corrected chi connectivity index (χ4v) is 1.66. The van der Waals surface area contributed by atoms with Crippen LogP contribution in [-0.4, -0.2) is 16.9 Å². The van der Waals surface area contributed by atoms with Crippen LogP contribution in [0.5, 0.6) is 0 Å². The molecule has 0 bridgehead atoms. The molecule has 9 nitrogen and oxygen atoms in total. The highest BCUT2D eigenvalue weighted by Crippen LogP contribution is 2.39. The van der Waals surface area contributed by atoms with Gasteiger partial charge >= 0.3 is 11.4 Å². The highest BCUT2D eigenvalue weighted by atomic mass is 79.9. The van der Waals surface area contributed by atoms with Crippen molar-refractivity contribution >= 4 is 33.0 Å². The van der Waals surface area contributed by atoms with Gasteiger partial charge in [0.15, 0.2) is 0 Å². The Morgan fingerprint density at radius 1 is 1.24 bits per heavy atom. The molecule has 17 heavy (non-hydrogen) atoms. The number of nitroso groups, excluding NO2 is 1. The number of nitrogens with zero attached hydrogens (tertiary/aromatic N) is 4. The van der Waals surface area contributed by atoms with Crippen LogP contribution in [0.4, 0.5) is 17.1 Å². The van der Waals surface area contributed by atoms with Gasteiger partial charge in [0.1, 0.15) is 0 Å². The van der Waals surface area contributed by atoms with Crippen molar-refractivity contribution in [2.45, 2.75) is 0 Å². The van der Waals surface area contributed by atoms with Crippen molar-refractivity contribution in [1.29, 1.82) is 0 Å². The van der Waals surface area contributed by atoms with Crippen LogP contribution >= 0.6 is 15.9 Å². The Morgan fingerprint density at radius 2 is 1.65 bits per heavy atom. The standard InChI is InChI=1S/C7H5BrN4O5/c1-10(9-13)7-5(11(14)15)2-4(8)3-6(7)12(16)17/h2-3H,1H3. The van der Waals surface area contributed by atoms with E-state index in [0.717, 1.165) is 19.2 Å². The predicted octanol–water partition coefficient (Wildman–Crippen LogP) is 2.38. The number of nitro benzene ring substituents is 2. The van der Waals surface area contributed by atoms with Gasteiger partial charge in [-0.2, -0.15) is 0 Å². The third kappa shape index (κ3) is 2.53. The molecule has 0 aliphatic heterocycles. The number of benzene rings is 1. The van der Waals surface area contributed by atoms with E-state index >= 15 is 0 Å². The maximum absolute atomic E-state index is 10.8. The van der Waals surface area contributed by atoms with Crippen LogP contribution in [0.15, 0.2) is 21.9 Å². The molecule has 0 aliphatic rings. The third-order valence-corrected chi connectivity index (χ3v) is 2.33. The number of hydrogen-bond acceptors (Lipinski definition) is 6. The number of hydrogen-bond donors (Lipinski definition) is 0. The van der Waals surface area contributed by atoms with Gasteiger partial charge < -0.3 is 0 Å². The van der Waals surface area contributed by atoms with Crippen molar-refractivity contribution in [1.82, 2.24) is 0 Å². The van der Waals surface area contributed by atoms with Gasteiger partial charge in [0.05, 0.1) is 15.1 Å². The van der Waals surface area contributed by atoms with Crippen molar-refractivity contribution in [3.63, 3.8) is 0 Å². The topological polar surface area (TPSA) is 119 Å². The second-order valence-electron chi connectivity index (χ2n) is 2.91. The summed E-state index contributed by atoms with van der Waals surface area (Å²) in [7, 11) is 1.09. The summed E-state index contributed by atoms with van der Waals surface area (Å²) >= 11 is 2.92. The highest BCUT2D eigenvalue weighted by Gasteiger charge is 2.29. The number of halogens is 1. The lowest BCUT2D eigenvalue weighted by Gasteiger charge is -2.09. The maximum Gasteiger partial charge on any atom is 0.302 e. The summed E-state index contributed by atoms with van der Waals surface area (Å²) in [5, 5.41) is 24.5. The highest BCUT2D eigenvalue weighted by molar-refractivity contribution is 9.10. The molecule has 10 heteroatoms. The van der Waals surface area contributed by atoms with Gasteiger partial charge in [0.2, 0.25) is 5.69 Å². The summed E-state index contributed by atoms with van der Waals surface area (Å²) in [6, 6.07) is 2.12. The molecule has 0 aliphatic carbocycles. The minimum Gasteiger partial charge on any atom is -0.258 e. The first-order valence-electron chi connectivity index (χ1n) is 4.07. The molecule has 1 aromatic carbocycles. The summed E-state index contributed by atoms with van der Waals surface area (Å²) in [6.45, 7) is 0. The second-order valence-corrected chi connectivity index (χ2v) is 3.83. The van der Waals surface area contributed by atoms with Gasteiger partial charge in [-0.25, -0.2) is 5.01 Å². The van der Waals surface area contributed by atoms with Gasteiger partial charge in [0, 0.05) is 23.7 Å². The normalized spacial score (nSPS) is 9.76. The Balaban J connectivity index is 3.64. The molecule has 0 radical (unpaired) electrons. The third-order valence-electron chi connectivity index (χ3n) is 1.87. The zero-order valence-corrected chi connectivity index (χ0v) is 9.95. The Bertz CT molecular complexity index is 470. The van der Waals surface area contributed by atoms with Crippen molar-refractivity contribution in [2.75, 3.05) is 12.1 Å². The Hall–Kier alpha value is -2.10. The molecule has 0 saturated heterocycles. The Labute approximate surface area is 102 Å². The van der Waals surface area contributed by atoms with Crippen LogP contribution < -0.4 is 5.01 Å². The smallest absolute Gasteiger partial charge is 0.258 e. The van der Waals surface area contributed by atoms with Crippen LogP contribution in [0, 0.1) is 25.1 Å². The molecule has 0 spiro atoms. The Kier molecular flexibility index (Phi) is 3.68. The molecule has 0 unspecified atom stereocenters. The molecule has 0 heterocycles. The van der Waals surface area contributed by atoms with Crippen molar-refractivity contribution in [3.05, 3.63) is 41.7 Å². The van der Waals surface area contributed by atoms with E-state index in [4.69, 9.17) is 0 Å². The van der Waals surface area contributed by atoms with E-state index in [1.165, 1.54) is 0 Å². The van der Waals surface area contributed by atoms with E-state index in [1.807, 2.05) is 0 Å². The molecular formula is C7H5BrN4O5. The monoisotopic (exact) mass is 304 g/mol. The summed E-state index contributed by atoms with van der Waals surface area (Å²) in [6.07, 6.45) is 0. The SMILES string of the molecule is CN(N=O)c1c([N+](=O)[O-])cc(Br)cc1[N+](=O)[O-]. The fourth-order valence-electron chi connectivity index (χ4n) is 1.22. The number of nitro groups is 2. The number of anilines is 1. The fraction of sp³-hybridized carbons (Fsp3) is 0.143. The molecule has 1 aromatic rings. The lowest BCUT2D eigenvalue weighted by Crippen LogP contribution is -2.12. The van der Waals surface area contributed by atoms with Crippen LogP contribution in [0.1, 0.15) is 0 Å². The summed E-state index contributed by atoms with van der Waals surface area (Å²) < 4.78 is 0.166. The lowest BCUT2D eigenvalue weighted by molar-refractivity contribution is -0.392. The zero-order chi connectivity index (χ0) is 13.2. The quantitative estimate of drug-likeness (QED) is 0.478. The molecule has 0 N–H and O–H groups in total. The van der Waals surface area contributed by atoms with E-state index in [-0.39, 0.29) is 4.47 Å². The van der Waals surface area contributed by atoms with Crippen LogP contribution in [-0.2, 0) is 0 Å². The van der Waals surface area contributed by atoms with Crippen molar-refractivity contribution in [2.24, 2.45) is 5.29 Å². The van der Waals surface area contributed by atoms with Gasteiger partial charge in [0.25, 0.3) is 0 Å². The first-order chi connectivity index (χ1) is 7.88. The van der Waals surface area contributed by atoms with E-state index in [2.05, 4.69) is 21.2 Å². The minimum atomic E-state index is -0.825. The van der Waals surface area contributed by atoms with Crippen molar-refractivity contribution in [3.8, 4) is 0 Å². The summed E-state index contributed by atoms with van der Waals surface area (Å²) in [5.41, 5.74) is -1.61. The predicted molar refractivity (Wildman–Crippen MR) is 61.6 cm³/mol. The molecule has 0 aromatic heterocycles. The maximum atomic E-state index is 10.8. The molecule has 0 saturated carbocycles. The van der Waals surface area contributed by atoms with E-state index in [9.17, 15) is 25.1 Å². The van der Waals surface area contributed by atoms with Crippen molar-refractivity contribution < 1.29 is 9.85 Å². The van der Waals surface area contributed by atoms with Gasteiger partial charge in [-0.05, 0) is 0 Å².